The summed E-state index contributed by atoms with van der Waals surface area (Å²) in [4.78, 5) is 0. The molecule has 0 saturated heterocycles. The van der Waals surface area contributed by atoms with Crippen molar-refractivity contribution >= 4 is 43.1 Å². The zero-order valence-corrected chi connectivity index (χ0v) is 44.5. The van der Waals surface area contributed by atoms with Gasteiger partial charge in [0.25, 0.3) is 0 Å². The molecule has 0 radical (unpaired) electrons. The Balaban J connectivity index is 0.805. The summed E-state index contributed by atoms with van der Waals surface area (Å²) in [5.41, 5.74) is 7.08. The monoisotopic (exact) mass is 1060 g/mol. The Morgan fingerprint density at radius 3 is 0.667 bits per heavy atom. The number of hydrogen-bond donors (Lipinski definition) is 0. The summed E-state index contributed by atoms with van der Waals surface area (Å²) in [6.45, 7) is 2.18. The number of ether oxygens (including phenoxy) is 8. The zero-order valence-electron chi connectivity index (χ0n) is 44.5. The Kier molecular flexibility index (Phi) is 13.2. The Morgan fingerprint density at radius 2 is 0.432 bits per heavy atom. The van der Waals surface area contributed by atoms with Gasteiger partial charge in [-0.2, -0.15) is 0 Å². The van der Waals surface area contributed by atoms with Crippen LogP contribution in [0.5, 0.6) is 46.0 Å². The van der Waals surface area contributed by atoms with E-state index >= 15 is 0 Å². The van der Waals surface area contributed by atoms with Crippen molar-refractivity contribution in [2.75, 3.05) is 26.4 Å². The van der Waals surface area contributed by atoms with Gasteiger partial charge < -0.3 is 37.9 Å². The molecule has 12 aromatic carbocycles. The lowest BCUT2D eigenvalue weighted by Gasteiger charge is -2.33. The van der Waals surface area contributed by atoms with Crippen molar-refractivity contribution < 1.29 is 37.9 Å². The van der Waals surface area contributed by atoms with Crippen LogP contribution >= 0.6 is 0 Å². The highest BCUT2D eigenvalue weighted by Crippen LogP contribution is 2.48. The van der Waals surface area contributed by atoms with Gasteiger partial charge in [-0.15, -0.1) is 0 Å². The quantitative estimate of drug-likeness (QED) is 0.149. The van der Waals surface area contributed by atoms with Crippen LogP contribution in [0.1, 0.15) is 22.3 Å². The Morgan fingerprint density at radius 1 is 0.210 bits per heavy atom. The first-order valence-corrected chi connectivity index (χ1v) is 27.5. The molecule has 0 N–H and O–H groups in total. The maximum Gasteiger partial charge on any atom is 0.128 e. The van der Waals surface area contributed by atoms with Gasteiger partial charge in [0.05, 0.1) is 0 Å². The van der Waals surface area contributed by atoms with Crippen LogP contribution in [0.3, 0.4) is 0 Å². The van der Waals surface area contributed by atoms with Crippen molar-refractivity contribution in [1.29, 1.82) is 0 Å². The fourth-order valence-corrected chi connectivity index (χ4v) is 11.1. The Bertz CT molecular complexity index is 3680. The third-order valence-corrected chi connectivity index (χ3v) is 15.5. The van der Waals surface area contributed by atoms with E-state index < -0.39 is 5.41 Å². The SMILES string of the molecule is c1ccc2c3c(ccc2c1)OCc1ccc(cc1)OCC1(COc2ccc(cc2)COc2ccc4ccccc4c2-3)COc2ccc(cc2)COc2ccc3ccccc3c2-c2c(ccc3ccccc23)OCc2ccc(cc2)OC1. The summed E-state index contributed by atoms with van der Waals surface area (Å²) in [6.07, 6.45) is 0. The second kappa shape index (κ2) is 21.7. The molecule has 8 nitrogen and oxygen atoms in total. The van der Waals surface area contributed by atoms with Crippen LogP contribution in [-0.4, -0.2) is 26.4 Å². The molecule has 0 aliphatic carbocycles. The maximum absolute atomic E-state index is 6.83. The minimum absolute atomic E-state index is 0.210. The topological polar surface area (TPSA) is 73.8 Å². The molecule has 20 rings (SSSR count). The van der Waals surface area contributed by atoms with Crippen molar-refractivity contribution in [2.45, 2.75) is 26.4 Å². The predicted octanol–water partition coefficient (Wildman–Crippen LogP) is 17.2. The van der Waals surface area contributed by atoms with Crippen molar-refractivity contribution in [3.8, 4) is 68.2 Å². The van der Waals surface area contributed by atoms with E-state index in [-0.39, 0.29) is 26.4 Å². The van der Waals surface area contributed by atoms with Gasteiger partial charge in [0.1, 0.15) is 104 Å². The van der Waals surface area contributed by atoms with E-state index in [0.29, 0.717) is 49.4 Å². The van der Waals surface area contributed by atoms with Crippen molar-refractivity contribution in [2.24, 2.45) is 5.41 Å². The average molecular weight is 1060 g/mol. The van der Waals surface area contributed by atoms with E-state index in [4.69, 9.17) is 37.9 Å². The lowest BCUT2D eigenvalue weighted by molar-refractivity contribution is -0.00354. The first-order valence-electron chi connectivity index (χ1n) is 27.5. The maximum atomic E-state index is 6.83. The fraction of sp³-hybridized carbons (Fsp3) is 0.123. The molecular formula is C73H56O8. The molecule has 8 aliphatic rings. The van der Waals surface area contributed by atoms with Crippen LogP contribution in [0.15, 0.2) is 243 Å². The summed E-state index contributed by atoms with van der Waals surface area (Å²) < 4.78 is 54.4. The molecule has 8 bridgehead atoms. The van der Waals surface area contributed by atoms with Crippen LogP contribution in [0.2, 0.25) is 0 Å². The van der Waals surface area contributed by atoms with Crippen LogP contribution < -0.4 is 37.9 Å². The van der Waals surface area contributed by atoms with Gasteiger partial charge in [0, 0.05) is 22.3 Å². The van der Waals surface area contributed by atoms with Crippen LogP contribution in [0.25, 0.3) is 65.3 Å². The molecule has 8 heterocycles. The molecule has 0 unspecified atom stereocenters. The molecule has 81 heavy (non-hydrogen) atoms. The molecule has 12 aromatic rings. The second-order valence-electron chi connectivity index (χ2n) is 21.0. The average Bonchev–Trinajstić information content (AvgIpc) is 3.59. The molecule has 8 aliphatic heterocycles. The molecule has 1 spiro atoms. The first kappa shape index (κ1) is 49.4. The number of rotatable bonds is 0. The van der Waals surface area contributed by atoms with E-state index in [1.807, 2.05) is 48.5 Å². The third-order valence-electron chi connectivity index (χ3n) is 15.5. The fourth-order valence-electron chi connectivity index (χ4n) is 11.1. The molecule has 0 saturated carbocycles. The lowest BCUT2D eigenvalue weighted by Crippen LogP contribution is -2.45. The van der Waals surface area contributed by atoms with E-state index in [1.165, 1.54) is 0 Å². The normalized spacial score (nSPS) is 14.4. The lowest BCUT2D eigenvalue weighted by atomic mass is 9.92. The van der Waals surface area contributed by atoms with Gasteiger partial charge in [0.15, 0.2) is 0 Å². The van der Waals surface area contributed by atoms with Crippen LogP contribution in [0, 0.1) is 5.41 Å². The largest absolute Gasteiger partial charge is 0.493 e. The molecular weight excluding hydrogens is 1000 g/mol. The molecule has 0 amide bonds. The van der Waals surface area contributed by atoms with Gasteiger partial charge in [-0.25, -0.2) is 0 Å². The summed E-state index contributed by atoms with van der Waals surface area (Å²) in [5.74, 6) is 5.83. The molecule has 0 atom stereocenters. The van der Waals surface area contributed by atoms with Gasteiger partial charge in [-0.3, -0.25) is 0 Å². The Labute approximate surface area is 470 Å². The highest BCUT2D eigenvalue weighted by Gasteiger charge is 2.36. The highest BCUT2D eigenvalue weighted by molar-refractivity contribution is 6.11. The summed E-state index contributed by atoms with van der Waals surface area (Å²) in [7, 11) is 0. The third kappa shape index (κ3) is 10.2. The van der Waals surface area contributed by atoms with Crippen molar-refractivity contribution in [3.63, 3.8) is 0 Å². The number of benzene rings is 12. The summed E-state index contributed by atoms with van der Waals surface area (Å²) >= 11 is 0. The second-order valence-corrected chi connectivity index (χ2v) is 21.0. The standard InChI is InChI=1S/C73H56O8/c1-5-13-61-53(9-1)25-37-65-69(61)70-62-14-6-2-10-54(62)26-38-66(70)75-42-50-19-31-58(32-20-50)79-46-73(45-78-57-29-17-49(18-30-57)41-74-65)47-80-59-33-21-51(22-34-59)43-76-67-39-27-55-11-3-7-15-63(55)71(67)72-64-16-8-4-12-56(64)28-40-68(72)77-44-52-23-35-60(36-24-52)81-48-73/h1-40H,41-48H2. The minimum Gasteiger partial charge on any atom is -0.493 e. The van der Waals surface area contributed by atoms with Crippen molar-refractivity contribution in [1.82, 2.24) is 0 Å². The molecule has 396 valence electrons. The molecule has 0 fully saturated rings. The molecule has 0 aromatic heterocycles. The summed E-state index contributed by atoms with van der Waals surface area (Å²) in [5, 5.41) is 8.78. The van der Waals surface area contributed by atoms with E-state index in [1.54, 1.807) is 0 Å². The molecule has 8 heteroatoms. The minimum atomic E-state index is -0.831. The zero-order chi connectivity index (χ0) is 54.0. The smallest absolute Gasteiger partial charge is 0.128 e. The van der Waals surface area contributed by atoms with E-state index in [2.05, 4.69) is 194 Å². The van der Waals surface area contributed by atoms with Gasteiger partial charge >= 0.3 is 0 Å². The van der Waals surface area contributed by atoms with Crippen molar-refractivity contribution in [3.05, 3.63) is 265 Å². The summed E-state index contributed by atoms with van der Waals surface area (Å²) in [6, 6.07) is 82.9. The van der Waals surface area contributed by atoms with Crippen LogP contribution in [-0.2, 0) is 26.4 Å². The van der Waals surface area contributed by atoms with Gasteiger partial charge in [-0.05, 0) is 138 Å². The highest BCUT2D eigenvalue weighted by atomic mass is 16.5. The van der Waals surface area contributed by atoms with E-state index in [0.717, 1.165) is 111 Å². The van der Waals surface area contributed by atoms with Gasteiger partial charge in [0.2, 0.25) is 0 Å². The number of fused-ring (bicyclic) bond motifs is 4. The number of hydrogen-bond acceptors (Lipinski definition) is 8. The first-order chi connectivity index (χ1) is 40.0. The van der Waals surface area contributed by atoms with E-state index in [9.17, 15) is 0 Å². The Hall–Kier alpha value is -9.92. The van der Waals surface area contributed by atoms with Gasteiger partial charge in [-0.1, -0.05) is 170 Å². The van der Waals surface area contributed by atoms with Crippen LogP contribution in [0.4, 0.5) is 0 Å². The predicted molar refractivity (Wildman–Crippen MR) is 321 cm³/mol.